The third-order valence-electron chi connectivity index (χ3n) is 3.71. The Morgan fingerprint density at radius 3 is 2.04 bits per heavy atom. The predicted molar refractivity (Wildman–Crippen MR) is 96.3 cm³/mol. The molecule has 2 aliphatic rings. The molecule has 2 fully saturated rings. The van der Waals surface area contributed by atoms with E-state index < -0.39 is 29.6 Å². The molecule has 10 heteroatoms. The molecule has 152 valence electrons. The summed E-state index contributed by atoms with van der Waals surface area (Å²) in [6, 6.07) is 0. The van der Waals surface area contributed by atoms with E-state index in [0.29, 0.717) is 26.1 Å². The van der Waals surface area contributed by atoms with Crippen molar-refractivity contribution >= 4 is 30.9 Å². The van der Waals surface area contributed by atoms with Crippen LogP contribution in [0.1, 0.15) is 33.6 Å². The van der Waals surface area contributed by atoms with Gasteiger partial charge in [-0.25, -0.2) is 13.6 Å². The normalized spacial score (nSPS) is 28.4. The molecule has 0 saturated carbocycles. The SMILES string of the molecule is CC(C)(C)OC(=O)N1CC[C@](F)(CO)C1.Cl.Cl.OC[C@@]1(F)CCNC1. The standard InChI is InChI=1S/C10H18FNO3.C5H10FNO.2ClH/c1-9(2,3)15-8(14)12-5-4-10(11,6-12)7-13;6-5(4-8)1-2-7-3-5;;/h13H,4-7H2,1-3H3;7-8H,1-4H2;2*1H/t10-;5-;;/m11../s1. The molecule has 0 bridgehead atoms. The molecule has 2 heterocycles. The van der Waals surface area contributed by atoms with Crippen LogP contribution in [-0.4, -0.2) is 77.5 Å². The lowest BCUT2D eigenvalue weighted by Gasteiger charge is -2.24. The van der Waals surface area contributed by atoms with Gasteiger partial charge in [0.2, 0.25) is 0 Å². The number of alkyl halides is 2. The lowest BCUT2D eigenvalue weighted by Crippen LogP contribution is -2.38. The van der Waals surface area contributed by atoms with Crippen LogP contribution in [0.5, 0.6) is 0 Å². The first-order valence-electron chi connectivity index (χ1n) is 7.81. The van der Waals surface area contributed by atoms with Gasteiger partial charge in [-0.2, -0.15) is 0 Å². The zero-order valence-electron chi connectivity index (χ0n) is 14.9. The fraction of sp³-hybridized carbons (Fsp3) is 0.933. The first-order chi connectivity index (χ1) is 10.5. The van der Waals surface area contributed by atoms with Gasteiger partial charge in [0.05, 0.1) is 19.8 Å². The highest BCUT2D eigenvalue weighted by Crippen LogP contribution is 2.26. The van der Waals surface area contributed by atoms with Crippen molar-refractivity contribution in [3.05, 3.63) is 0 Å². The van der Waals surface area contributed by atoms with Gasteiger partial charge in [-0.1, -0.05) is 0 Å². The molecule has 0 aliphatic carbocycles. The quantitative estimate of drug-likeness (QED) is 0.646. The van der Waals surface area contributed by atoms with E-state index in [-0.39, 0.29) is 44.4 Å². The van der Waals surface area contributed by atoms with Gasteiger partial charge in [-0.05, 0) is 33.7 Å². The van der Waals surface area contributed by atoms with Gasteiger partial charge in [0.25, 0.3) is 0 Å². The second-order valence-corrected chi connectivity index (χ2v) is 7.20. The van der Waals surface area contributed by atoms with E-state index in [1.165, 1.54) is 4.90 Å². The van der Waals surface area contributed by atoms with Crippen molar-refractivity contribution in [2.75, 3.05) is 39.4 Å². The number of halogens is 4. The van der Waals surface area contributed by atoms with Crippen molar-refractivity contribution in [3.63, 3.8) is 0 Å². The Hall–Kier alpha value is -0.410. The van der Waals surface area contributed by atoms with E-state index in [9.17, 15) is 13.6 Å². The molecule has 0 unspecified atom stereocenters. The van der Waals surface area contributed by atoms with Gasteiger partial charge in [0, 0.05) is 19.5 Å². The monoisotopic (exact) mass is 410 g/mol. The fourth-order valence-corrected chi connectivity index (χ4v) is 2.30. The molecule has 2 atom stereocenters. The van der Waals surface area contributed by atoms with Gasteiger partial charge in [-0.3, -0.25) is 0 Å². The number of rotatable bonds is 2. The van der Waals surface area contributed by atoms with Gasteiger partial charge in [-0.15, -0.1) is 24.8 Å². The molecular weight excluding hydrogens is 381 g/mol. The molecule has 2 rings (SSSR count). The molecule has 0 aromatic heterocycles. The average Bonchev–Trinajstić information content (AvgIpc) is 3.06. The molecule has 2 aliphatic heterocycles. The van der Waals surface area contributed by atoms with Gasteiger partial charge in [0.15, 0.2) is 5.67 Å². The Kier molecular flexibility index (Phi) is 11.4. The van der Waals surface area contributed by atoms with Crippen LogP contribution < -0.4 is 5.32 Å². The number of aliphatic hydroxyl groups is 2. The smallest absolute Gasteiger partial charge is 0.410 e. The highest BCUT2D eigenvalue weighted by Gasteiger charge is 2.41. The van der Waals surface area contributed by atoms with Crippen LogP contribution in [0.25, 0.3) is 0 Å². The first kappa shape index (κ1) is 26.8. The minimum absolute atomic E-state index is 0. The lowest BCUT2D eigenvalue weighted by atomic mass is 10.1. The number of nitrogens with one attached hydrogen (secondary N) is 1. The van der Waals surface area contributed by atoms with E-state index in [2.05, 4.69) is 5.32 Å². The minimum Gasteiger partial charge on any atom is -0.444 e. The maximum Gasteiger partial charge on any atom is 0.410 e. The third kappa shape index (κ3) is 9.19. The minimum atomic E-state index is -1.66. The van der Waals surface area contributed by atoms with E-state index in [1.807, 2.05) is 0 Å². The van der Waals surface area contributed by atoms with Gasteiger partial charge >= 0.3 is 6.09 Å². The van der Waals surface area contributed by atoms with Crippen molar-refractivity contribution in [1.82, 2.24) is 10.2 Å². The number of carbonyl (C=O) groups is 1. The van der Waals surface area contributed by atoms with Crippen LogP contribution in [-0.2, 0) is 4.74 Å². The maximum atomic E-state index is 13.6. The molecule has 0 aromatic carbocycles. The van der Waals surface area contributed by atoms with Crippen molar-refractivity contribution in [1.29, 1.82) is 0 Å². The zero-order valence-corrected chi connectivity index (χ0v) is 16.5. The number of ether oxygens (including phenoxy) is 1. The number of amides is 1. The number of likely N-dealkylation sites (tertiary alicyclic amines) is 1. The number of carbonyl (C=O) groups excluding carboxylic acids is 1. The molecule has 2 saturated heterocycles. The average molecular weight is 411 g/mol. The highest BCUT2D eigenvalue weighted by molar-refractivity contribution is 5.85. The van der Waals surface area contributed by atoms with Crippen molar-refractivity contribution in [2.45, 2.75) is 50.6 Å². The fourth-order valence-electron chi connectivity index (χ4n) is 2.30. The summed E-state index contributed by atoms with van der Waals surface area (Å²) in [5.74, 6) is 0. The van der Waals surface area contributed by atoms with Crippen molar-refractivity contribution in [2.24, 2.45) is 0 Å². The number of hydrogen-bond acceptors (Lipinski definition) is 5. The molecule has 25 heavy (non-hydrogen) atoms. The summed E-state index contributed by atoms with van der Waals surface area (Å²) in [5, 5.41) is 20.0. The Bertz CT molecular complexity index is 407. The zero-order chi connectivity index (χ0) is 17.7. The van der Waals surface area contributed by atoms with Crippen LogP contribution in [0, 0.1) is 0 Å². The summed E-state index contributed by atoms with van der Waals surface area (Å²) in [7, 11) is 0. The van der Waals surface area contributed by atoms with Crippen LogP contribution in [0.2, 0.25) is 0 Å². The summed E-state index contributed by atoms with van der Waals surface area (Å²) in [6.07, 6.45) is 0.0992. The molecule has 6 nitrogen and oxygen atoms in total. The van der Waals surface area contributed by atoms with Crippen molar-refractivity contribution < 1.29 is 28.5 Å². The molecule has 0 radical (unpaired) electrons. The largest absolute Gasteiger partial charge is 0.444 e. The summed E-state index contributed by atoms with van der Waals surface area (Å²) < 4.78 is 31.4. The molecular formula is C15H30Cl2F2N2O4. The Balaban J connectivity index is 0. The summed E-state index contributed by atoms with van der Waals surface area (Å²) in [4.78, 5) is 12.8. The van der Waals surface area contributed by atoms with E-state index in [4.69, 9.17) is 14.9 Å². The summed E-state index contributed by atoms with van der Waals surface area (Å²) >= 11 is 0. The van der Waals surface area contributed by atoms with Crippen LogP contribution in [0.4, 0.5) is 13.6 Å². The Morgan fingerprint density at radius 1 is 1.16 bits per heavy atom. The predicted octanol–water partition coefficient (Wildman–Crippen LogP) is 1.85. The van der Waals surface area contributed by atoms with E-state index >= 15 is 0 Å². The summed E-state index contributed by atoms with van der Waals surface area (Å²) in [5.41, 5.74) is -3.55. The molecule has 1 amide bonds. The van der Waals surface area contributed by atoms with Crippen LogP contribution >= 0.6 is 24.8 Å². The number of hydrogen-bond donors (Lipinski definition) is 3. The Labute approximate surface area is 160 Å². The van der Waals surface area contributed by atoms with Crippen molar-refractivity contribution in [3.8, 4) is 0 Å². The maximum absolute atomic E-state index is 13.6. The van der Waals surface area contributed by atoms with E-state index in [0.717, 1.165) is 0 Å². The Morgan fingerprint density at radius 2 is 1.72 bits per heavy atom. The van der Waals surface area contributed by atoms with E-state index in [1.54, 1.807) is 20.8 Å². The molecule has 3 N–H and O–H groups in total. The topological polar surface area (TPSA) is 82.0 Å². The van der Waals surface area contributed by atoms with Crippen LogP contribution in [0.15, 0.2) is 0 Å². The number of aliphatic hydroxyl groups excluding tert-OH is 2. The molecule has 0 spiro atoms. The first-order valence-corrected chi connectivity index (χ1v) is 7.81. The molecule has 0 aromatic rings. The summed E-state index contributed by atoms with van der Waals surface area (Å²) in [6.45, 7) is 5.60. The van der Waals surface area contributed by atoms with Gasteiger partial charge < -0.3 is 25.2 Å². The lowest BCUT2D eigenvalue weighted by molar-refractivity contribution is 0.0219. The van der Waals surface area contributed by atoms with Crippen LogP contribution in [0.3, 0.4) is 0 Å². The number of nitrogens with zero attached hydrogens (tertiary/aromatic N) is 1. The second-order valence-electron chi connectivity index (χ2n) is 7.20. The van der Waals surface area contributed by atoms with Gasteiger partial charge in [0.1, 0.15) is 11.3 Å². The third-order valence-corrected chi connectivity index (χ3v) is 3.71. The highest BCUT2D eigenvalue weighted by atomic mass is 35.5. The second kappa shape index (κ2) is 10.7.